The minimum atomic E-state index is -0.00750. The van der Waals surface area contributed by atoms with Crippen LogP contribution in [-0.4, -0.2) is 23.7 Å². The first-order chi connectivity index (χ1) is 6.36. The lowest BCUT2D eigenvalue weighted by Crippen LogP contribution is -2.52. The van der Waals surface area contributed by atoms with Gasteiger partial charge in [0.25, 0.3) is 0 Å². The lowest BCUT2D eigenvalue weighted by Gasteiger charge is -2.25. The van der Waals surface area contributed by atoms with E-state index in [1.807, 2.05) is 0 Å². The van der Waals surface area contributed by atoms with Crippen LogP contribution in [0.2, 0.25) is 0 Å². The van der Waals surface area contributed by atoms with Crippen LogP contribution >= 0.6 is 0 Å². The van der Waals surface area contributed by atoms with Crippen molar-refractivity contribution in [2.45, 2.75) is 19.0 Å². The molecule has 13 heavy (non-hydrogen) atoms. The average Bonchev–Trinajstić information content (AvgIpc) is 2.49. The number of nitrogens with zero attached hydrogens (tertiary/aromatic N) is 1. The lowest BCUT2D eigenvalue weighted by molar-refractivity contribution is -0.124. The molecule has 1 saturated heterocycles. The summed E-state index contributed by atoms with van der Waals surface area (Å²) in [6.07, 6.45) is 2.41. The topological polar surface area (TPSA) is 67.2 Å². The van der Waals surface area contributed by atoms with Crippen LogP contribution in [0.3, 0.4) is 0 Å². The van der Waals surface area contributed by atoms with E-state index in [0.29, 0.717) is 6.54 Å². The Bertz CT molecular complexity index is 280. The molecule has 1 aliphatic heterocycles. The SMILES string of the molecule is O=C(NCc1ccon1)C1CCN1. The molecule has 1 aromatic rings. The van der Waals surface area contributed by atoms with Crippen molar-refractivity contribution < 1.29 is 9.32 Å². The molecule has 0 aromatic carbocycles. The van der Waals surface area contributed by atoms with Gasteiger partial charge in [-0.05, 0) is 13.0 Å². The smallest absolute Gasteiger partial charge is 0.237 e. The molecule has 0 saturated carbocycles. The van der Waals surface area contributed by atoms with E-state index >= 15 is 0 Å². The van der Waals surface area contributed by atoms with E-state index in [-0.39, 0.29) is 11.9 Å². The van der Waals surface area contributed by atoms with Gasteiger partial charge in [0.15, 0.2) is 0 Å². The monoisotopic (exact) mass is 181 g/mol. The van der Waals surface area contributed by atoms with Crippen LogP contribution in [-0.2, 0) is 11.3 Å². The molecule has 0 aliphatic carbocycles. The average molecular weight is 181 g/mol. The molecule has 2 N–H and O–H groups in total. The van der Waals surface area contributed by atoms with Crippen molar-refractivity contribution in [1.29, 1.82) is 0 Å². The van der Waals surface area contributed by atoms with E-state index in [2.05, 4.69) is 20.3 Å². The van der Waals surface area contributed by atoms with Crippen molar-refractivity contribution in [3.63, 3.8) is 0 Å². The standard InChI is InChI=1S/C8H11N3O2/c12-8(7-1-3-9-7)10-5-6-2-4-13-11-6/h2,4,7,9H,1,3,5H2,(H,10,12). The third-order valence-corrected chi connectivity index (χ3v) is 2.08. The summed E-state index contributed by atoms with van der Waals surface area (Å²) >= 11 is 0. The number of amides is 1. The van der Waals surface area contributed by atoms with Gasteiger partial charge in [-0.15, -0.1) is 0 Å². The second-order valence-corrected chi connectivity index (χ2v) is 3.00. The molecule has 5 heteroatoms. The number of aromatic nitrogens is 1. The molecule has 5 nitrogen and oxygen atoms in total. The van der Waals surface area contributed by atoms with E-state index < -0.39 is 0 Å². The Morgan fingerprint density at radius 3 is 3.23 bits per heavy atom. The number of hydrogen-bond donors (Lipinski definition) is 2. The molecule has 1 aliphatic rings. The zero-order chi connectivity index (χ0) is 9.10. The third kappa shape index (κ3) is 1.86. The fourth-order valence-electron chi connectivity index (χ4n) is 1.14. The van der Waals surface area contributed by atoms with Crippen molar-refractivity contribution in [2.24, 2.45) is 0 Å². The summed E-state index contributed by atoms with van der Waals surface area (Å²) in [5.41, 5.74) is 0.743. The second kappa shape index (κ2) is 3.57. The summed E-state index contributed by atoms with van der Waals surface area (Å²) < 4.78 is 4.63. The van der Waals surface area contributed by atoms with Crippen LogP contribution in [0.25, 0.3) is 0 Å². The van der Waals surface area contributed by atoms with Crippen molar-refractivity contribution in [3.05, 3.63) is 18.0 Å². The fraction of sp³-hybridized carbons (Fsp3) is 0.500. The number of hydrogen-bond acceptors (Lipinski definition) is 4. The number of nitrogens with one attached hydrogen (secondary N) is 2. The normalized spacial score (nSPS) is 20.8. The van der Waals surface area contributed by atoms with Crippen LogP contribution < -0.4 is 10.6 Å². The predicted octanol–water partition coefficient (Wildman–Crippen LogP) is -0.347. The zero-order valence-electron chi connectivity index (χ0n) is 7.12. The molecule has 1 amide bonds. The lowest BCUT2D eigenvalue weighted by atomic mass is 10.1. The summed E-state index contributed by atoms with van der Waals surface area (Å²) in [6.45, 7) is 1.37. The van der Waals surface area contributed by atoms with Gasteiger partial charge in [-0.1, -0.05) is 5.16 Å². The maximum absolute atomic E-state index is 11.3. The summed E-state index contributed by atoms with van der Waals surface area (Å²) in [7, 11) is 0. The molecule has 1 atom stereocenters. The highest BCUT2D eigenvalue weighted by atomic mass is 16.5. The Hall–Kier alpha value is -1.36. The Balaban J connectivity index is 1.76. The van der Waals surface area contributed by atoms with Crippen molar-refractivity contribution in [2.75, 3.05) is 6.54 Å². The molecule has 1 unspecified atom stereocenters. The van der Waals surface area contributed by atoms with E-state index in [1.54, 1.807) is 6.07 Å². The summed E-state index contributed by atoms with van der Waals surface area (Å²) in [5, 5.41) is 9.46. The number of carbonyl (C=O) groups excluding carboxylic acids is 1. The van der Waals surface area contributed by atoms with E-state index in [4.69, 9.17) is 0 Å². The van der Waals surface area contributed by atoms with Gasteiger partial charge in [0, 0.05) is 6.07 Å². The molecule has 1 fully saturated rings. The highest BCUT2D eigenvalue weighted by molar-refractivity contribution is 5.82. The maximum Gasteiger partial charge on any atom is 0.237 e. The Kier molecular flexibility index (Phi) is 2.27. The zero-order valence-corrected chi connectivity index (χ0v) is 7.12. The molecule has 1 aromatic heterocycles. The van der Waals surface area contributed by atoms with E-state index in [1.165, 1.54) is 6.26 Å². The number of carbonyl (C=O) groups is 1. The van der Waals surface area contributed by atoms with Gasteiger partial charge in [-0.25, -0.2) is 0 Å². The molecule has 2 heterocycles. The molecule has 70 valence electrons. The summed E-state index contributed by atoms with van der Waals surface area (Å²) in [5.74, 6) is 0.0363. The molecular formula is C8H11N3O2. The van der Waals surface area contributed by atoms with Crippen LogP contribution in [0, 0.1) is 0 Å². The van der Waals surface area contributed by atoms with Gasteiger partial charge in [0.1, 0.15) is 12.0 Å². The summed E-state index contributed by atoms with van der Waals surface area (Å²) in [6, 6.07) is 1.72. The highest BCUT2D eigenvalue weighted by Gasteiger charge is 2.23. The van der Waals surface area contributed by atoms with Gasteiger partial charge in [-0.3, -0.25) is 4.79 Å². The van der Waals surface area contributed by atoms with E-state index in [9.17, 15) is 4.79 Å². The van der Waals surface area contributed by atoms with Gasteiger partial charge >= 0.3 is 0 Å². The largest absolute Gasteiger partial charge is 0.364 e. The molecule has 0 radical (unpaired) electrons. The first-order valence-electron chi connectivity index (χ1n) is 4.26. The minimum Gasteiger partial charge on any atom is -0.364 e. The van der Waals surface area contributed by atoms with Crippen LogP contribution in [0.5, 0.6) is 0 Å². The quantitative estimate of drug-likeness (QED) is 0.669. The van der Waals surface area contributed by atoms with Crippen LogP contribution in [0.4, 0.5) is 0 Å². The third-order valence-electron chi connectivity index (χ3n) is 2.08. The summed E-state index contributed by atoms with van der Waals surface area (Å²) in [4.78, 5) is 11.3. The maximum atomic E-state index is 11.3. The Labute approximate surface area is 75.5 Å². The molecular weight excluding hydrogens is 170 g/mol. The predicted molar refractivity (Wildman–Crippen MR) is 44.8 cm³/mol. The van der Waals surface area contributed by atoms with E-state index in [0.717, 1.165) is 18.7 Å². The van der Waals surface area contributed by atoms with Gasteiger partial charge in [0.05, 0.1) is 12.6 Å². The van der Waals surface area contributed by atoms with Gasteiger partial charge in [0.2, 0.25) is 5.91 Å². The Morgan fingerprint density at radius 1 is 1.85 bits per heavy atom. The van der Waals surface area contributed by atoms with Crippen LogP contribution in [0.15, 0.2) is 16.9 Å². The van der Waals surface area contributed by atoms with Gasteiger partial charge in [-0.2, -0.15) is 0 Å². The molecule has 2 rings (SSSR count). The van der Waals surface area contributed by atoms with Crippen molar-refractivity contribution in [1.82, 2.24) is 15.8 Å². The molecule has 0 bridgehead atoms. The Morgan fingerprint density at radius 2 is 2.69 bits per heavy atom. The first-order valence-corrected chi connectivity index (χ1v) is 4.26. The van der Waals surface area contributed by atoms with Gasteiger partial charge < -0.3 is 15.2 Å². The first kappa shape index (κ1) is 8.25. The fourth-order valence-corrected chi connectivity index (χ4v) is 1.14. The highest BCUT2D eigenvalue weighted by Crippen LogP contribution is 2.01. The second-order valence-electron chi connectivity index (χ2n) is 3.00. The number of rotatable bonds is 3. The van der Waals surface area contributed by atoms with Crippen molar-refractivity contribution in [3.8, 4) is 0 Å². The minimum absolute atomic E-state index is 0.00750. The van der Waals surface area contributed by atoms with Crippen molar-refractivity contribution >= 4 is 5.91 Å². The molecule has 0 spiro atoms. The van der Waals surface area contributed by atoms with Crippen LogP contribution in [0.1, 0.15) is 12.1 Å².